The van der Waals surface area contributed by atoms with Gasteiger partial charge in [0, 0.05) is 5.41 Å². The van der Waals surface area contributed by atoms with Gasteiger partial charge in [-0.15, -0.1) is 0 Å². The van der Waals surface area contributed by atoms with Crippen LogP contribution in [0.25, 0.3) is 0 Å². The van der Waals surface area contributed by atoms with Crippen molar-refractivity contribution in [3.05, 3.63) is 0 Å². The lowest BCUT2D eigenvalue weighted by Crippen LogP contribution is -2.63. The molecule has 20 heavy (non-hydrogen) atoms. The highest BCUT2D eigenvalue weighted by Crippen LogP contribution is 2.66. The molecular formula is C17H25NO2. The predicted molar refractivity (Wildman–Crippen MR) is 75.6 cm³/mol. The van der Waals surface area contributed by atoms with E-state index in [1.807, 2.05) is 0 Å². The summed E-state index contributed by atoms with van der Waals surface area (Å²) in [5, 5.41) is 9.68. The van der Waals surface area contributed by atoms with Crippen LogP contribution in [0.5, 0.6) is 0 Å². The van der Waals surface area contributed by atoms with E-state index in [2.05, 4.69) is 33.8 Å². The van der Waals surface area contributed by atoms with Crippen LogP contribution in [0, 0.1) is 39.4 Å². The van der Waals surface area contributed by atoms with Crippen molar-refractivity contribution in [1.29, 1.82) is 5.26 Å². The molecule has 5 atom stereocenters. The first-order valence-corrected chi connectivity index (χ1v) is 7.85. The predicted octanol–water partition coefficient (Wildman–Crippen LogP) is 3.68. The fourth-order valence-electron chi connectivity index (χ4n) is 5.67. The Labute approximate surface area is 121 Å². The van der Waals surface area contributed by atoms with Crippen LogP contribution in [0.2, 0.25) is 0 Å². The zero-order valence-electron chi connectivity index (χ0n) is 13.0. The molecule has 3 fully saturated rings. The molecule has 3 rings (SSSR count). The molecular weight excluding hydrogens is 250 g/mol. The second kappa shape index (κ2) is 4.00. The topological polar surface area (TPSA) is 50.1 Å². The molecule has 0 unspecified atom stereocenters. The van der Waals surface area contributed by atoms with Gasteiger partial charge in [0.2, 0.25) is 0 Å². The number of carbonyl (C=O) groups is 1. The molecule has 3 aliphatic rings. The quantitative estimate of drug-likeness (QED) is 0.634. The number of rotatable bonds is 0. The van der Waals surface area contributed by atoms with Crippen LogP contribution in [0.3, 0.4) is 0 Å². The zero-order valence-corrected chi connectivity index (χ0v) is 13.0. The highest BCUT2D eigenvalue weighted by Gasteiger charge is 2.65. The molecule has 0 aromatic heterocycles. The van der Waals surface area contributed by atoms with Gasteiger partial charge in [-0.2, -0.15) is 5.26 Å². The van der Waals surface area contributed by atoms with E-state index in [4.69, 9.17) is 4.74 Å². The van der Waals surface area contributed by atoms with Gasteiger partial charge in [-0.05, 0) is 49.9 Å². The van der Waals surface area contributed by atoms with Crippen LogP contribution in [0.15, 0.2) is 0 Å². The second-order valence-electron chi connectivity index (χ2n) is 8.25. The van der Waals surface area contributed by atoms with Crippen LogP contribution in [-0.4, -0.2) is 12.1 Å². The van der Waals surface area contributed by atoms with E-state index in [1.54, 1.807) is 0 Å². The Bertz CT molecular complexity index is 492. The number of hydrogen-bond acceptors (Lipinski definition) is 3. The monoisotopic (exact) mass is 275 g/mol. The minimum absolute atomic E-state index is 0.0137. The van der Waals surface area contributed by atoms with Gasteiger partial charge in [0.1, 0.15) is 6.10 Å². The molecule has 0 bridgehead atoms. The largest absolute Gasteiger partial charge is 0.462 e. The summed E-state index contributed by atoms with van der Waals surface area (Å²) in [5.74, 6) is 0.595. The summed E-state index contributed by atoms with van der Waals surface area (Å²) in [6.45, 7) is 9.04. The average Bonchev–Trinajstić information content (AvgIpc) is 2.37. The first-order valence-electron chi connectivity index (χ1n) is 7.85. The Morgan fingerprint density at radius 2 is 1.85 bits per heavy atom. The van der Waals surface area contributed by atoms with Crippen LogP contribution >= 0.6 is 0 Å². The third-order valence-corrected chi connectivity index (χ3v) is 6.81. The Morgan fingerprint density at radius 1 is 1.15 bits per heavy atom. The minimum atomic E-state index is -0.379. The Balaban J connectivity index is 2.10. The Kier molecular flexibility index (Phi) is 2.78. The molecule has 0 aromatic carbocycles. The van der Waals surface area contributed by atoms with E-state index >= 15 is 0 Å². The highest BCUT2D eigenvalue weighted by molar-refractivity contribution is 5.71. The Hall–Kier alpha value is -1.04. The van der Waals surface area contributed by atoms with Gasteiger partial charge in [-0.1, -0.05) is 20.8 Å². The van der Waals surface area contributed by atoms with Gasteiger partial charge in [0.05, 0.1) is 17.9 Å². The lowest BCUT2D eigenvalue weighted by Gasteiger charge is -2.64. The number of carbonyl (C=O) groups excluding carboxylic acids is 1. The van der Waals surface area contributed by atoms with Gasteiger partial charge < -0.3 is 4.74 Å². The van der Waals surface area contributed by atoms with Crippen LogP contribution in [0.1, 0.15) is 59.8 Å². The molecule has 1 saturated heterocycles. The van der Waals surface area contributed by atoms with Crippen molar-refractivity contribution in [2.75, 3.05) is 0 Å². The van der Waals surface area contributed by atoms with Gasteiger partial charge in [-0.25, -0.2) is 0 Å². The molecule has 1 aliphatic heterocycles. The second-order valence-corrected chi connectivity index (χ2v) is 8.25. The van der Waals surface area contributed by atoms with Crippen molar-refractivity contribution >= 4 is 5.97 Å². The first-order chi connectivity index (χ1) is 9.24. The van der Waals surface area contributed by atoms with Crippen molar-refractivity contribution in [3.8, 4) is 6.07 Å². The summed E-state index contributed by atoms with van der Waals surface area (Å²) >= 11 is 0. The summed E-state index contributed by atoms with van der Waals surface area (Å²) < 4.78 is 5.71. The van der Waals surface area contributed by atoms with Crippen LogP contribution < -0.4 is 0 Å². The summed E-state index contributed by atoms with van der Waals surface area (Å²) in [5.41, 5.74) is -0.126. The molecule has 0 radical (unpaired) electrons. The standard InChI is InChI=1S/C17H25NO2/c1-15(2)7-6-13-17(4)11(15)5-8-16(3,10-18)12(17)9-14(19)20-13/h11-13H,5-9H2,1-4H3/t11-,12+,13-,16+,17-/m1/s1. The van der Waals surface area contributed by atoms with Crippen molar-refractivity contribution in [2.45, 2.75) is 65.9 Å². The molecule has 1 heterocycles. The van der Waals surface area contributed by atoms with Gasteiger partial charge >= 0.3 is 5.97 Å². The number of ether oxygens (including phenoxy) is 1. The average molecular weight is 275 g/mol. The summed E-state index contributed by atoms with van der Waals surface area (Å²) in [6, 6.07) is 2.53. The Morgan fingerprint density at radius 3 is 2.50 bits per heavy atom. The smallest absolute Gasteiger partial charge is 0.306 e. The molecule has 0 amide bonds. The number of esters is 1. The molecule has 3 heteroatoms. The van der Waals surface area contributed by atoms with E-state index in [-0.39, 0.29) is 34.2 Å². The minimum Gasteiger partial charge on any atom is -0.462 e. The van der Waals surface area contributed by atoms with Gasteiger partial charge in [-0.3, -0.25) is 4.79 Å². The van der Waals surface area contributed by atoms with Crippen LogP contribution in [0.4, 0.5) is 0 Å². The third-order valence-electron chi connectivity index (χ3n) is 6.81. The van der Waals surface area contributed by atoms with Gasteiger partial charge in [0.15, 0.2) is 0 Å². The van der Waals surface area contributed by atoms with Gasteiger partial charge in [0.25, 0.3) is 0 Å². The van der Waals surface area contributed by atoms with E-state index in [0.29, 0.717) is 12.3 Å². The molecule has 3 nitrogen and oxygen atoms in total. The lowest BCUT2D eigenvalue weighted by molar-refractivity contribution is -0.227. The molecule has 0 aromatic rings. The highest BCUT2D eigenvalue weighted by atomic mass is 16.5. The molecule has 110 valence electrons. The molecule has 2 saturated carbocycles. The first kappa shape index (κ1) is 13.9. The molecule has 2 aliphatic carbocycles. The number of hydrogen-bond donors (Lipinski definition) is 0. The molecule has 0 N–H and O–H groups in total. The number of nitriles is 1. The summed E-state index contributed by atoms with van der Waals surface area (Å²) in [7, 11) is 0. The van der Waals surface area contributed by atoms with Crippen molar-refractivity contribution in [2.24, 2.45) is 28.1 Å². The fourth-order valence-corrected chi connectivity index (χ4v) is 5.67. The normalized spacial score (nSPS) is 49.8. The lowest BCUT2D eigenvalue weighted by atomic mass is 9.41. The molecule has 0 spiro atoms. The van der Waals surface area contributed by atoms with E-state index in [0.717, 1.165) is 25.7 Å². The summed E-state index contributed by atoms with van der Waals surface area (Å²) in [4.78, 5) is 12.0. The van der Waals surface area contributed by atoms with E-state index in [9.17, 15) is 10.1 Å². The fraction of sp³-hybridized carbons (Fsp3) is 0.882. The zero-order chi connectivity index (χ0) is 14.8. The van der Waals surface area contributed by atoms with E-state index in [1.165, 1.54) is 0 Å². The van der Waals surface area contributed by atoms with Crippen LogP contribution in [-0.2, 0) is 9.53 Å². The van der Waals surface area contributed by atoms with Crippen molar-refractivity contribution < 1.29 is 9.53 Å². The maximum absolute atomic E-state index is 12.0. The van der Waals surface area contributed by atoms with E-state index < -0.39 is 0 Å². The third kappa shape index (κ3) is 1.60. The number of nitrogens with zero attached hydrogens (tertiary/aromatic N) is 1. The maximum atomic E-state index is 12.0. The SMILES string of the molecule is CC1(C)CC[C@H]2OC(=O)C[C@@H]3[C@@]2(C)[C@@H]1CC[C@@]3(C)C#N. The summed E-state index contributed by atoms with van der Waals surface area (Å²) in [6.07, 6.45) is 4.49. The van der Waals surface area contributed by atoms with Crippen molar-refractivity contribution in [1.82, 2.24) is 0 Å². The van der Waals surface area contributed by atoms with Crippen molar-refractivity contribution in [3.63, 3.8) is 0 Å². The maximum Gasteiger partial charge on any atom is 0.306 e.